The maximum Gasteiger partial charge on any atom is 0.410 e. The molecule has 1 aromatic heterocycles. The molecule has 1 aliphatic rings. The van der Waals surface area contributed by atoms with Gasteiger partial charge in [-0.3, -0.25) is 14.3 Å². The van der Waals surface area contributed by atoms with Gasteiger partial charge in [-0.05, 0) is 46.1 Å². The van der Waals surface area contributed by atoms with Crippen molar-refractivity contribution in [1.29, 1.82) is 0 Å². The van der Waals surface area contributed by atoms with Crippen molar-refractivity contribution in [2.24, 2.45) is 0 Å². The lowest BCUT2D eigenvalue weighted by Gasteiger charge is -2.36. The van der Waals surface area contributed by atoms with Crippen LogP contribution in [0.4, 0.5) is 10.5 Å². The van der Waals surface area contributed by atoms with Crippen molar-refractivity contribution >= 4 is 33.6 Å². The lowest BCUT2D eigenvalue weighted by atomic mass is 10.0. The SMILES string of the molecule is CC(C)(C)OC(=O)N1CCCC[C@@H]1C[S@](=O)c1nc2ccc([N+](=O)[O-])cc2[nH]1. The number of piperidine rings is 1. The molecular weight excluding hydrogens is 384 g/mol. The number of benzene rings is 1. The van der Waals surface area contributed by atoms with Crippen LogP contribution in [0.5, 0.6) is 0 Å². The molecule has 28 heavy (non-hydrogen) atoms. The topological polar surface area (TPSA) is 118 Å². The van der Waals surface area contributed by atoms with E-state index in [1.807, 2.05) is 20.8 Å². The van der Waals surface area contributed by atoms with E-state index in [0.717, 1.165) is 19.3 Å². The van der Waals surface area contributed by atoms with Gasteiger partial charge in [-0.2, -0.15) is 0 Å². The molecule has 0 radical (unpaired) electrons. The summed E-state index contributed by atoms with van der Waals surface area (Å²) in [6.45, 7) is 6.02. The van der Waals surface area contributed by atoms with Crippen LogP contribution >= 0.6 is 0 Å². The monoisotopic (exact) mass is 408 g/mol. The minimum Gasteiger partial charge on any atom is -0.444 e. The Morgan fingerprint density at radius 3 is 2.86 bits per heavy atom. The fourth-order valence-electron chi connectivity index (χ4n) is 3.18. The number of nitro benzene ring substituents is 1. The second-order valence-corrected chi connectivity index (χ2v) is 9.25. The molecule has 2 aromatic rings. The van der Waals surface area contributed by atoms with Crippen LogP contribution in [0.1, 0.15) is 40.0 Å². The predicted molar refractivity (Wildman–Crippen MR) is 105 cm³/mol. The van der Waals surface area contributed by atoms with Gasteiger partial charge in [0.15, 0.2) is 5.16 Å². The Morgan fingerprint density at radius 2 is 2.18 bits per heavy atom. The Labute approximate surface area is 165 Å². The maximum absolute atomic E-state index is 12.9. The van der Waals surface area contributed by atoms with Crippen molar-refractivity contribution < 1.29 is 18.7 Å². The number of likely N-dealkylation sites (tertiary alicyclic amines) is 1. The van der Waals surface area contributed by atoms with Gasteiger partial charge in [-0.1, -0.05) is 0 Å². The Hall–Kier alpha value is -2.49. The summed E-state index contributed by atoms with van der Waals surface area (Å²) >= 11 is 0. The summed E-state index contributed by atoms with van der Waals surface area (Å²) in [5.74, 6) is 0.237. The van der Waals surface area contributed by atoms with Gasteiger partial charge in [-0.15, -0.1) is 0 Å². The third-order valence-corrected chi connectivity index (χ3v) is 5.78. The first kappa shape index (κ1) is 20.2. The lowest BCUT2D eigenvalue weighted by Crippen LogP contribution is -2.48. The highest BCUT2D eigenvalue weighted by molar-refractivity contribution is 7.84. The number of carbonyl (C=O) groups is 1. The number of carbonyl (C=O) groups excluding carboxylic acids is 1. The van der Waals surface area contributed by atoms with Gasteiger partial charge >= 0.3 is 6.09 Å². The second kappa shape index (κ2) is 7.86. The van der Waals surface area contributed by atoms with E-state index in [-0.39, 0.29) is 22.6 Å². The third kappa shape index (κ3) is 4.67. The van der Waals surface area contributed by atoms with Crippen LogP contribution < -0.4 is 0 Å². The molecule has 1 N–H and O–H groups in total. The zero-order valence-electron chi connectivity index (χ0n) is 16.1. The molecule has 1 saturated heterocycles. The molecule has 3 rings (SSSR count). The van der Waals surface area contributed by atoms with E-state index in [1.165, 1.54) is 18.2 Å². The van der Waals surface area contributed by atoms with Crippen LogP contribution in [0.15, 0.2) is 23.4 Å². The first-order chi connectivity index (χ1) is 13.1. The number of hydrogen-bond donors (Lipinski definition) is 1. The predicted octanol–water partition coefficient (Wildman–Crippen LogP) is 3.37. The summed E-state index contributed by atoms with van der Waals surface area (Å²) in [6, 6.07) is 4.06. The summed E-state index contributed by atoms with van der Waals surface area (Å²) in [6.07, 6.45) is 2.19. The van der Waals surface area contributed by atoms with Gasteiger partial charge in [0.2, 0.25) is 0 Å². The molecule has 1 aromatic carbocycles. The van der Waals surface area contributed by atoms with Gasteiger partial charge in [0.1, 0.15) is 5.60 Å². The molecule has 152 valence electrons. The number of aromatic amines is 1. The molecule has 0 bridgehead atoms. The molecule has 1 amide bonds. The number of hydrogen-bond acceptors (Lipinski definition) is 6. The Balaban J connectivity index is 1.75. The third-order valence-electron chi connectivity index (χ3n) is 4.47. The van der Waals surface area contributed by atoms with Gasteiger partial charge < -0.3 is 14.6 Å². The van der Waals surface area contributed by atoms with E-state index in [4.69, 9.17) is 4.74 Å². The molecule has 1 fully saturated rings. The van der Waals surface area contributed by atoms with Crippen LogP contribution in [0.3, 0.4) is 0 Å². The van der Waals surface area contributed by atoms with Crippen LogP contribution in [-0.2, 0) is 15.5 Å². The van der Waals surface area contributed by atoms with Gasteiger partial charge in [0, 0.05) is 24.7 Å². The summed E-state index contributed by atoms with van der Waals surface area (Å²) < 4.78 is 18.3. The number of rotatable bonds is 4. The first-order valence-corrected chi connectivity index (χ1v) is 10.5. The van der Waals surface area contributed by atoms with E-state index < -0.39 is 27.4 Å². The number of nitrogens with zero attached hydrogens (tertiary/aromatic N) is 3. The fraction of sp³-hybridized carbons (Fsp3) is 0.556. The van der Waals surface area contributed by atoms with Gasteiger partial charge in [0.05, 0.1) is 32.5 Å². The first-order valence-electron chi connectivity index (χ1n) is 9.16. The number of nitro groups is 1. The largest absolute Gasteiger partial charge is 0.444 e. The van der Waals surface area contributed by atoms with Gasteiger partial charge in [-0.25, -0.2) is 9.78 Å². The van der Waals surface area contributed by atoms with Crippen molar-refractivity contribution in [3.63, 3.8) is 0 Å². The van der Waals surface area contributed by atoms with E-state index in [2.05, 4.69) is 9.97 Å². The molecule has 1 aliphatic heterocycles. The van der Waals surface area contributed by atoms with E-state index in [0.29, 0.717) is 17.6 Å². The number of nitrogens with one attached hydrogen (secondary N) is 1. The van der Waals surface area contributed by atoms with Crippen molar-refractivity contribution in [2.75, 3.05) is 12.3 Å². The summed E-state index contributed by atoms with van der Waals surface area (Å²) in [4.78, 5) is 31.8. The number of non-ortho nitro benzene ring substituents is 1. The normalized spacial score (nSPS) is 18.8. The summed E-state index contributed by atoms with van der Waals surface area (Å²) in [7, 11) is -1.48. The van der Waals surface area contributed by atoms with Crippen molar-refractivity contribution in [1.82, 2.24) is 14.9 Å². The molecule has 9 nitrogen and oxygen atoms in total. The number of amides is 1. The number of aromatic nitrogens is 2. The Kier molecular flexibility index (Phi) is 5.69. The van der Waals surface area contributed by atoms with E-state index in [9.17, 15) is 19.1 Å². The average molecular weight is 408 g/mol. The summed E-state index contributed by atoms with van der Waals surface area (Å²) in [5.41, 5.74) is 0.328. The molecule has 0 unspecified atom stereocenters. The lowest BCUT2D eigenvalue weighted by molar-refractivity contribution is -0.384. The zero-order chi connectivity index (χ0) is 20.5. The van der Waals surface area contributed by atoms with Crippen molar-refractivity contribution in [3.8, 4) is 0 Å². The quantitative estimate of drug-likeness (QED) is 0.612. The summed E-state index contributed by atoms with van der Waals surface area (Å²) in [5, 5.41) is 11.2. The standard InChI is InChI=1S/C18H24N4O5S/c1-18(2,3)27-17(23)21-9-5-4-6-13(21)11-28(26)16-19-14-8-7-12(22(24)25)10-15(14)20-16/h7-8,10,13H,4-6,9,11H2,1-3H3,(H,19,20)/t13-,28+/m1/s1. The smallest absolute Gasteiger partial charge is 0.410 e. The Morgan fingerprint density at radius 1 is 1.43 bits per heavy atom. The minimum absolute atomic E-state index is 0.0585. The zero-order valence-corrected chi connectivity index (χ0v) is 17.0. The molecule has 0 aliphatic carbocycles. The number of fused-ring (bicyclic) bond motifs is 1. The highest BCUT2D eigenvalue weighted by atomic mass is 32.2. The fourth-order valence-corrected chi connectivity index (χ4v) is 4.46. The minimum atomic E-state index is -1.48. The molecule has 2 heterocycles. The van der Waals surface area contributed by atoms with Crippen LogP contribution in [0, 0.1) is 10.1 Å². The molecule has 10 heteroatoms. The Bertz CT molecular complexity index is 920. The highest BCUT2D eigenvalue weighted by Gasteiger charge is 2.32. The average Bonchev–Trinajstić information content (AvgIpc) is 3.04. The maximum atomic E-state index is 12.9. The van der Waals surface area contributed by atoms with Crippen molar-refractivity contribution in [2.45, 2.75) is 56.8 Å². The van der Waals surface area contributed by atoms with E-state index >= 15 is 0 Å². The molecular formula is C18H24N4O5S. The number of H-pyrrole nitrogens is 1. The molecule has 0 saturated carbocycles. The molecule has 0 spiro atoms. The van der Waals surface area contributed by atoms with Gasteiger partial charge in [0.25, 0.3) is 5.69 Å². The van der Waals surface area contributed by atoms with Crippen LogP contribution in [-0.4, -0.2) is 54.0 Å². The molecule has 2 atom stereocenters. The van der Waals surface area contributed by atoms with E-state index in [1.54, 1.807) is 4.90 Å². The van der Waals surface area contributed by atoms with Crippen LogP contribution in [0.25, 0.3) is 11.0 Å². The highest BCUT2D eigenvalue weighted by Crippen LogP contribution is 2.24. The number of ether oxygens (including phenoxy) is 1. The van der Waals surface area contributed by atoms with Crippen molar-refractivity contribution in [3.05, 3.63) is 28.3 Å². The van der Waals surface area contributed by atoms with Crippen LogP contribution in [0.2, 0.25) is 0 Å². The number of imidazole rings is 1. The second-order valence-electron chi connectivity index (χ2n) is 7.84.